The summed E-state index contributed by atoms with van der Waals surface area (Å²) in [5.41, 5.74) is 1.96. The van der Waals surface area contributed by atoms with Crippen molar-refractivity contribution in [3.8, 4) is 5.75 Å². The van der Waals surface area contributed by atoms with Gasteiger partial charge in [0.1, 0.15) is 5.75 Å². The normalized spacial score (nSPS) is 15.1. The minimum Gasteiger partial charge on any atom is -0.497 e. The second-order valence-electron chi connectivity index (χ2n) is 6.69. The van der Waals surface area contributed by atoms with Crippen molar-refractivity contribution in [3.63, 3.8) is 0 Å². The van der Waals surface area contributed by atoms with Gasteiger partial charge in [0, 0.05) is 5.69 Å². The maximum absolute atomic E-state index is 12.1. The van der Waals surface area contributed by atoms with Gasteiger partial charge in [-0.1, -0.05) is 30.3 Å². The number of benzene rings is 2. The topological polar surface area (TPSA) is 70.7 Å². The Kier molecular flexibility index (Phi) is 6.44. The average Bonchev–Trinajstić information content (AvgIpc) is 2.69. The predicted molar refractivity (Wildman–Crippen MR) is 105 cm³/mol. The molecule has 0 saturated carbocycles. The molecule has 6 nitrogen and oxygen atoms in total. The predicted octanol–water partition coefficient (Wildman–Crippen LogP) is 3.22. The first-order valence-electron chi connectivity index (χ1n) is 9.16. The monoisotopic (exact) mass is 367 g/mol. The second-order valence-corrected chi connectivity index (χ2v) is 6.69. The maximum atomic E-state index is 12.1. The molecule has 0 aromatic heterocycles. The van der Waals surface area contributed by atoms with Crippen LogP contribution in [0.1, 0.15) is 24.3 Å². The van der Waals surface area contributed by atoms with Crippen molar-refractivity contribution in [1.29, 1.82) is 0 Å². The number of nitrogens with one attached hydrogen (secondary N) is 2. The number of nitrogens with zero attached hydrogens (tertiary/aromatic N) is 1. The van der Waals surface area contributed by atoms with Gasteiger partial charge < -0.3 is 10.1 Å². The molecule has 1 heterocycles. The van der Waals surface area contributed by atoms with E-state index in [9.17, 15) is 9.59 Å². The number of hydrogen-bond donors (Lipinski definition) is 2. The molecule has 0 atom stereocenters. The van der Waals surface area contributed by atoms with E-state index in [4.69, 9.17) is 4.74 Å². The summed E-state index contributed by atoms with van der Waals surface area (Å²) in [7, 11) is 1.58. The Morgan fingerprint density at radius 2 is 1.70 bits per heavy atom. The molecule has 27 heavy (non-hydrogen) atoms. The molecule has 1 aliphatic heterocycles. The van der Waals surface area contributed by atoms with Crippen LogP contribution >= 0.6 is 0 Å². The highest BCUT2D eigenvalue weighted by molar-refractivity contribution is 6.01. The van der Waals surface area contributed by atoms with Crippen molar-refractivity contribution >= 4 is 17.6 Å². The first-order chi connectivity index (χ1) is 13.1. The van der Waals surface area contributed by atoms with Gasteiger partial charge in [-0.15, -0.1) is 0 Å². The van der Waals surface area contributed by atoms with Crippen LogP contribution in [0.25, 0.3) is 0 Å². The molecule has 0 aliphatic carbocycles. The Labute approximate surface area is 159 Å². The van der Waals surface area contributed by atoms with Crippen molar-refractivity contribution < 1.29 is 14.3 Å². The van der Waals surface area contributed by atoms with E-state index in [1.54, 1.807) is 31.4 Å². The third-order valence-electron chi connectivity index (χ3n) is 4.83. The Bertz CT molecular complexity index is 754. The third kappa shape index (κ3) is 5.56. The number of carbonyl (C=O) groups excluding carboxylic acids is 2. The highest BCUT2D eigenvalue weighted by Gasteiger charge is 2.22. The number of anilines is 1. The number of imide groups is 1. The fourth-order valence-corrected chi connectivity index (χ4v) is 3.36. The summed E-state index contributed by atoms with van der Waals surface area (Å²) in [5.74, 6) is 0.957. The summed E-state index contributed by atoms with van der Waals surface area (Å²) in [6.07, 6.45) is 2.05. The van der Waals surface area contributed by atoms with Crippen LogP contribution in [0.2, 0.25) is 0 Å². The Balaban J connectivity index is 1.41. The summed E-state index contributed by atoms with van der Waals surface area (Å²) in [6, 6.07) is 16.9. The largest absolute Gasteiger partial charge is 0.497 e. The molecule has 142 valence electrons. The average molecular weight is 367 g/mol. The van der Waals surface area contributed by atoms with Crippen LogP contribution in [0, 0.1) is 0 Å². The number of methoxy groups -OCH3 is 1. The molecule has 3 amide bonds. The number of piperidine rings is 1. The fraction of sp³-hybridized carbons (Fsp3) is 0.333. The summed E-state index contributed by atoms with van der Waals surface area (Å²) in [5, 5.41) is 5.03. The number of carbonyl (C=O) groups is 2. The molecule has 6 heteroatoms. The molecule has 2 N–H and O–H groups in total. The molecule has 1 saturated heterocycles. The maximum Gasteiger partial charge on any atom is 0.325 e. The highest BCUT2D eigenvalue weighted by Crippen LogP contribution is 2.27. The van der Waals surface area contributed by atoms with Gasteiger partial charge in [0.25, 0.3) is 0 Å². The first-order valence-corrected chi connectivity index (χ1v) is 9.16. The third-order valence-corrected chi connectivity index (χ3v) is 4.83. The van der Waals surface area contributed by atoms with E-state index < -0.39 is 6.03 Å². The number of ether oxygens (including phenoxy) is 1. The van der Waals surface area contributed by atoms with Crippen molar-refractivity contribution in [2.45, 2.75) is 18.8 Å². The molecule has 0 bridgehead atoms. The second kappa shape index (κ2) is 9.19. The van der Waals surface area contributed by atoms with Crippen LogP contribution in [-0.2, 0) is 4.79 Å². The van der Waals surface area contributed by atoms with Gasteiger partial charge in [0.15, 0.2) is 0 Å². The van der Waals surface area contributed by atoms with Crippen molar-refractivity contribution in [1.82, 2.24) is 10.2 Å². The Hall–Kier alpha value is -2.86. The molecular weight excluding hydrogens is 342 g/mol. The van der Waals surface area contributed by atoms with Gasteiger partial charge in [-0.25, -0.2) is 4.79 Å². The van der Waals surface area contributed by atoms with Crippen LogP contribution in [0.4, 0.5) is 10.5 Å². The van der Waals surface area contributed by atoms with E-state index >= 15 is 0 Å². The van der Waals surface area contributed by atoms with Gasteiger partial charge in [-0.05, 0) is 61.7 Å². The summed E-state index contributed by atoms with van der Waals surface area (Å²) in [4.78, 5) is 26.2. The smallest absolute Gasteiger partial charge is 0.325 e. The zero-order valence-corrected chi connectivity index (χ0v) is 15.5. The molecule has 1 fully saturated rings. The van der Waals surface area contributed by atoms with E-state index in [2.05, 4.69) is 39.8 Å². The van der Waals surface area contributed by atoms with Gasteiger partial charge in [0.05, 0.1) is 13.7 Å². The zero-order valence-electron chi connectivity index (χ0n) is 15.5. The summed E-state index contributed by atoms with van der Waals surface area (Å²) < 4.78 is 5.07. The molecule has 0 spiro atoms. The molecule has 1 aliphatic rings. The van der Waals surface area contributed by atoms with Crippen LogP contribution < -0.4 is 15.4 Å². The minimum atomic E-state index is -0.524. The van der Waals surface area contributed by atoms with Crippen LogP contribution in [0.3, 0.4) is 0 Å². The zero-order chi connectivity index (χ0) is 19.1. The highest BCUT2D eigenvalue weighted by atomic mass is 16.5. The summed E-state index contributed by atoms with van der Waals surface area (Å²) >= 11 is 0. The standard InChI is InChI=1S/C21H25N3O3/c1-27-19-9-7-18(8-10-19)22-21(26)23-20(25)15-24-13-11-17(12-14-24)16-5-3-2-4-6-16/h2-10,17H,11-15H2,1H3,(H2,22,23,25,26). The molecule has 0 radical (unpaired) electrons. The van der Waals surface area contributed by atoms with Crippen molar-refractivity contribution in [2.24, 2.45) is 0 Å². The molecule has 2 aromatic rings. The number of amides is 3. The van der Waals surface area contributed by atoms with Crippen LogP contribution in [-0.4, -0.2) is 43.6 Å². The molecule has 2 aromatic carbocycles. The lowest BCUT2D eigenvalue weighted by atomic mass is 9.89. The van der Waals surface area contributed by atoms with Gasteiger partial charge >= 0.3 is 6.03 Å². The molecular formula is C21H25N3O3. The van der Waals surface area contributed by atoms with Crippen molar-refractivity contribution in [2.75, 3.05) is 32.1 Å². The number of hydrogen-bond acceptors (Lipinski definition) is 4. The van der Waals surface area contributed by atoms with E-state index in [-0.39, 0.29) is 12.5 Å². The molecule has 0 unspecified atom stereocenters. The van der Waals surface area contributed by atoms with Gasteiger partial charge in [0.2, 0.25) is 5.91 Å². The van der Waals surface area contributed by atoms with E-state index in [1.165, 1.54) is 5.56 Å². The number of likely N-dealkylation sites (tertiary alicyclic amines) is 1. The Morgan fingerprint density at radius 3 is 2.33 bits per heavy atom. The van der Waals surface area contributed by atoms with E-state index in [1.807, 2.05) is 6.07 Å². The quantitative estimate of drug-likeness (QED) is 0.851. The van der Waals surface area contributed by atoms with Crippen LogP contribution in [0.5, 0.6) is 5.75 Å². The Morgan fingerprint density at radius 1 is 1.04 bits per heavy atom. The minimum absolute atomic E-state index is 0.234. The lowest BCUT2D eigenvalue weighted by molar-refractivity contribution is -0.121. The van der Waals surface area contributed by atoms with E-state index in [0.717, 1.165) is 25.9 Å². The lowest BCUT2D eigenvalue weighted by Crippen LogP contribution is -2.44. The van der Waals surface area contributed by atoms with Gasteiger partial charge in [-0.2, -0.15) is 0 Å². The first kappa shape index (κ1) is 18.9. The molecule has 3 rings (SSSR count). The fourth-order valence-electron chi connectivity index (χ4n) is 3.36. The number of rotatable bonds is 5. The van der Waals surface area contributed by atoms with Crippen LogP contribution in [0.15, 0.2) is 54.6 Å². The lowest BCUT2D eigenvalue weighted by Gasteiger charge is -2.31. The summed E-state index contributed by atoms with van der Waals surface area (Å²) in [6.45, 7) is 1.94. The van der Waals surface area contributed by atoms with E-state index in [0.29, 0.717) is 17.4 Å². The number of urea groups is 1. The van der Waals surface area contributed by atoms with Crippen molar-refractivity contribution in [3.05, 3.63) is 60.2 Å². The van der Waals surface area contributed by atoms with Gasteiger partial charge in [-0.3, -0.25) is 15.0 Å². The SMILES string of the molecule is COc1ccc(NC(=O)NC(=O)CN2CCC(c3ccccc3)CC2)cc1.